The number of amides is 1. The number of rotatable bonds is 6. The lowest BCUT2D eigenvalue weighted by Crippen LogP contribution is -2.43. The van der Waals surface area contributed by atoms with E-state index in [-0.39, 0.29) is 17.7 Å². The monoisotopic (exact) mass is 496 g/mol. The van der Waals surface area contributed by atoms with Crippen molar-refractivity contribution in [1.82, 2.24) is 15.3 Å². The van der Waals surface area contributed by atoms with E-state index in [1.807, 2.05) is 35.2 Å². The van der Waals surface area contributed by atoms with E-state index in [2.05, 4.69) is 15.3 Å². The van der Waals surface area contributed by atoms with Crippen molar-refractivity contribution in [2.24, 2.45) is 0 Å². The first kappa shape index (κ1) is 25.3. The van der Waals surface area contributed by atoms with Gasteiger partial charge in [-0.05, 0) is 56.5 Å². The molecule has 190 valence electrons. The number of halogens is 2. The average Bonchev–Trinajstić information content (AvgIpc) is 3.23. The van der Waals surface area contributed by atoms with Crippen molar-refractivity contribution in [2.75, 3.05) is 18.0 Å². The first-order valence-corrected chi connectivity index (χ1v) is 11.8. The summed E-state index contributed by atoms with van der Waals surface area (Å²) in [4.78, 5) is 23.1. The zero-order valence-electron chi connectivity index (χ0n) is 20.8. The summed E-state index contributed by atoms with van der Waals surface area (Å²) in [5, 5.41) is 2.82. The molecule has 2 atom stereocenters. The molecule has 2 unspecified atom stereocenters. The number of hydrogen-bond donors (Lipinski definition) is 1. The van der Waals surface area contributed by atoms with Crippen LogP contribution in [0.2, 0.25) is 0 Å². The highest BCUT2D eigenvalue weighted by molar-refractivity contribution is 5.68. The zero-order chi connectivity index (χ0) is 25.9. The summed E-state index contributed by atoms with van der Waals surface area (Å²) < 4.78 is 40.4. The second kappa shape index (κ2) is 10.5. The lowest BCUT2D eigenvalue weighted by atomic mass is 9.93. The van der Waals surface area contributed by atoms with Gasteiger partial charge in [-0.1, -0.05) is 30.3 Å². The minimum atomic E-state index is -0.697. The van der Waals surface area contributed by atoms with E-state index in [4.69, 9.17) is 9.47 Å². The summed E-state index contributed by atoms with van der Waals surface area (Å²) in [6.07, 6.45) is 2.51. The topological polar surface area (TPSA) is 76.6 Å². The van der Waals surface area contributed by atoms with Crippen LogP contribution in [0.1, 0.15) is 43.4 Å². The van der Waals surface area contributed by atoms with Gasteiger partial charge in [0.25, 0.3) is 0 Å². The fourth-order valence-corrected chi connectivity index (χ4v) is 4.12. The Balaban J connectivity index is 1.52. The molecule has 0 spiro atoms. The van der Waals surface area contributed by atoms with Crippen LogP contribution in [0.3, 0.4) is 0 Å². The van der Waals surface area contributed by atoms with E-state index in [0.717, 1.165) is 5.56 Å². The largest absolute Gasteiger partial charge is 0.486 e. The number of benzene rings is 2. The second-order valence-electron chi connectivity index (χ2n) is 9.88. The molecular formula is C27H30F2N4O3. The van der Waals surface area contributed by atoms with E-state index in [9.17, 15) is 13.6 Å². The smallest absolute Gasteiger partial charge is 0.407 e. The Bertz CT molecular complexity index is 1200. The lowest BCUT2D eigenvalue weighted by molar-refractivity contribution is 0.0504. The number of aromatic nitrogens is 2. The van der Waals surface area contributed by atoms with Crippen molar-refractivity contribution in [3.05, 3.63) is 83.2 Å². The Kier molecular flexibility index (Phi) is 7.37. The molecule has 7 nitrogen and oxygen atoms in total. The molecule has 1 saturated heterocycles. The van der Waals surface area contributed by atoms with E-state index in [0.29, 0.717) is 24.8 Å². The molecule has 1 N–H and O–H groups in total. The molecule has 9 heteroatoms. The second-order valence-corrected chi connectivity index (χ2v) is 9.88. The molecule has 2 heterocycles. The zero-order valence-corrected chi connectivity index (χ0v) is 20.8. The van der Waals surface area contributed by atoms with Gasteiger partial charge in [0.2, 0.25) is 5.95 Å². The molecule has 1 amide bonds. The molecule has 1 aliphatic rings. The highest BCUT2D eigenvalue weighted by Crippen LogP contribution is 2.33. The Morgan fingerprint density at radius 3 is 2.44 bits per heavy atom. The van der Waals surface area contributed by atoms with Crippen molar-refractivity contribution in [2.45, 2.75) is 51.9 Å². The summed E-state index contributed by atoms with van der Waals surface area (Å²) in [6, 6.07) is 11.6. The van der Waals surface area contributed by atoms with Gasteiger partial charge in [-0.2, -0.15) is 0 Å². The number of carbonyl (C=O) groups excluding carboxylic acids is 1. The van der Waals surface area contributed by atoms with Crippen LogP contribution in [0.4, 0.5) is 19.5 Å². The van der Waals surface area contributed by atoms with Crippen molar-refractivity contribution in [1.29, 1.82) is 0 Å². The van der Waals surface area contributed by atoms with Crippen LogP contribution in [-0.2, 0) is 11.3 Å². The molecule has 0 saturated carbocycles. The summed E-state index contributed by atoms with van der Waals surface area (Å²) in [6.45, 7) is 7.75. The molecular weight excluding hydrogens is 466 g/mol. The summed E-state index contributed by atoms with van der Waals surface area (Å²) >= 11 is 0. The number of anilines is 1. The minimum absolute atomic E-state index is 0.185. The maximum Gasteiger partial charge on any atom is 0.407 e. The Morgan fingerprint density at radius 1 is 1.08 bits per heavy atom. The van der Waals surface area contributed by atoms with Crippen molar-refractivity contribution in [3.8, 4) is 5.75 Å². The van der Waals surface area contributed by atoms with E-state index in [1.165, 1.54) is 19.1 Å². The minimum Gasteiger partial charge on any atom is -0.486 e. The van der Waals surface area contributed by atoms with Crippen LogP contribution < -0.4 is 15.0 Å². The molecule has 3 aromatic rings. The Morgan fingerprint density at radius 2 is 1.78 bits per heavy atom. The third-order valence-electron chi connectivity index (χ3n) is 5.85. The number of ether oxygens (including phenoxy) is 2. The van der Waals surface area contributed by atoms with Gasteiger partial charge in [-0.3, -0.25) is 0 Å². The fourth-order valence-electron chi connectivity index (χ4n) is 4.12. The third kappa shape index (κ3) is 6.27. The summed E-state index contributed by atoms with van der Waals surface area (Å²) in [7, 11) is 0. The molecule has 0 bridgehead atoms. The molecule has 1 aliphatic heterocycles. The van der Waals surface area contributed by atoms with Crippen LogP contribution in [0.25, 0.3) is 0 Å². The van der Waals surface area contributed by atoms with E-state index in [1.54, 1.807) is 33.2 Å². The van der Waals surface area contributed by atoms with Crippen LogP contribution in [-0.4, -0.2) is 40.8 Å². The van der Waals surface area contributed by atoms with Crippen LogP contribution >= 0.6 is 0 Å². The lowest BCUT2D eigenvalue weighted by Gasteiger charge is -2.24. The molecule has 0 radical (unpaired) electrons. The highest BCUT2D eigenvalue weighted by atomic mass is 19.1. The summed E-state index contributed by atoms with van der Waals surface area (Å²) in [5.41, 5.74) is 0.728. The molecule has 2 aromatic carbocycles. The molecule has 1 aromatic heterocycles. The van der Waals surface area contributed by atoms with Crippen molar-refractivity contribution in [3.63, 3.8) is 0 Å². The number of hydrogen-bond acceptors (Lipinski definition) is 6. The number of aryl methyl sites for hydroxylation is 1. The van der Waals surface area contributed by atoms with Gasteiger partial charge in [-0.15, -0.1) is 0 Å². The molecule has 36 heavy (non-hydrogen) atoms. The Hall–Kier alpha value is -3.75. The first-order chi connectivity index (χ1) is 17.1. The molecule has 4 rings (SSSR count). The number of alkyl carbamates (subject to hydrolysis) is 1. The van der Waals surface area contributed by atoms with Crippen molar-refractivity contribution >= 4 is 12.0 Å². The Labute approximate surface area is 209 Å². The van der Waals surface area contributed by atoms with Crippen LogP contribution in [0, 0.1) is 18.6 Å². The van der Waals surface area contributed by atoms with Crippen molar-refractivity contribution < 1.29 is 23.0 Å². The van der Waals surface area contributed by atoms with Gasteiger partial charge < -0.3 is 19.7 Å². The standard InChI is InChI=1S/C27H30F2N4O3/c1-17-10-23(29)20(11-22(17)28)21-14-33(15-24(21)32-26(34)36-27(2,3)4)25-30-12-19(13-31-25)35-16-18-8-6-5-7-9-18/h5-13,21,24H,14-16H2,1-4H3,(H,32,34). The predicted octanol–water partition coefficient (Wildman–Crippen LogP) is 5.14. The quantitative estimate of drug-likeness (QED) is 0.509. The van der Waals surface area contributed by atoms with Gasteiger partial charge in [-0.25, -0.2) is 23.5 Å². The van der Waals surface area contributed by atoms with Gasteiger partial charge >= 0.3 is 6.09 Å². The average molecular weight is 497 g/mol. The normalized spacial score (nSPS) is 17.7. The number of carbonyl (C=O) groups is 1. The van der Waals surface area contributed by atoms with Gasteiger partial charge in [0, 0.05) is 19.0 Å². The highest BCUT2D eigenvalue weighted by Gasteiger charge is 2.38. The first-order valence-electron chi connectivity index (χ1n) is 11.8. The fraction of sp³-hybridized carbons (Fsp3) is 0.370. The number of nitrogens with one attached hydrogen (secondary N) is 1. The maximum atomic E-state index is 14.9. The maximum absolute atomic E-state index is 14.9. The van der Waals surface area contributed by atoms with Gasteiger partial charge in [0.1, 0.15) is 23.8 Å². The number of nitrogens with zero attached hydrogens (tertiary/aromatic N) is 3. The van der Waals surface area contributed by atoms with Crippen LogP contribution in [0.5, 0.6) is 5.75 Å². The van der Waals surface area contributed by atoms with Crippen LogP contribution in [0.15, 0.2) is 54.9 Å². The summed E-state index contributed by atoms with van der Waals surface area (Å²) in [5.74, 6) is -0.661. The molecule has 0 aliphatic carbocycles. The van der Waals surface area contributed by atoms with Gasteiger partial charge in [0.05, 0.1) is 18.4 Å². The van der Waals surface area contributed by atoms with E-state index >= 15 is 0 Å². The van der Waals surface area contributed by atoms with Gasteiger partial charge in [0.15, 0.2) is 5.75 Å². The SMILES string of the molecule is Cc1cc(F)c(C2CN(c3ncc(OCc4ccccc4)cn3)CC2NC(=O)OC(C)(C)C)cc1F. The van der Waals surface area contributed by atoms with E-state index < -0.39 is 35.3 Å². The third-order valence-corrected chi connectivity index (χ3v) is 5.85. The predicted molar refractivity (Wildman–Crippen MR) is 132 cm³/mol. The molecule has 1 fully saturated rings.